The van der Waals surface area contributed by atoms with Crippen LogP contribution in [0.2, 0.25) is 0 Å². The number of hydrogen-bond acceptors (Lipinski definition) is 7. The highest BCUT2D eigenvalue weighted by molar-refractivity contribution is 7.94. The van der Waals surface area contributed by atoms with Crippen molar-refractivity contribution in [2.24, 2.45) is 0 Å². The highest BCUT2D eigenvalue weighted by Gasteiger charge is 2.05. The van der Waals surface area contributed by atoms with E-state index in [0.717, 1.165) is 6.07 Å². The summed E-state index contributed by atoms with van der Waals surface area (Å²) < 4.78 is 36.0. The van der Waals surface area contributed by atoms with Crippen molar-refractivity contribution in [3.05, 3.63) is 23.8 Å². The summed E-state index contributed by atoms with van der Waals surface area (Å²) >= 11 is 0.635. The van der Waals surface area contributed by atoms with E-state index in [-0.39, 0.29) is 4.90 Å². The van der Waals surface area contributed by atoms with Crippen LogP contribution in [-0.2, 0) is 19.5 Å². The molecule has 0 fully saturated rings. The van der Waals surface area contributed by atoms with Gasteiger partial charge in [-0.2, -0.15) is 4.33 Å². The first-order valence-corrected chi connectivity index (χ1v) is 5.80. The smallest absolute Gasteiger partial charge is 0.124 e. The lowest BCUT2D eigenvalue weighted by Crippen LogP contribution is -2.02. The van der Waals surface area contributed by atoms with Crippen molar-refractivity contribution in [2.45, 2.75) is 16.7 Å². The number of aryl methyl sites for hydroxylation is 1. The van der Waals surface area contributed by atoms with Crippen LogP contribution in [0.25, 0.3) is 0 Å². The maximum atomic E-state index is 10.6. The van der Waals surface area contributed by atoms with Crippen LogP contribution in [0.5, 0.6) is 0 Å². The first-order valence-electron chi connectivity index (χ1n) is 3.65. The Bertz CT molecular complexity index is 441. The van der Waals surface area contributed by atoms with Crippen molar-refractivity contribution in [1.29, 1.82) is 0 Å². The van der Waals surface area contributed by atoms with E-state index in [9.17, 15) is 18.2 Å². The van der Waals surface area contributed by atoms with Crippen molar-refractivity contribution in [3.63, 3.8) is 0 Å². The fourth-order valence-electron chi connectivity index (χ4n) is 0.921. The van der Waals surface area contributed by atoms with Crippen molar-refractivity contribution in [3.8, 4) is 0 Å². The monoisotopic (exact) mass is 250 g/mol. The zero-order valence-corrected chi connectivity index (χ0v) is 9.13. The zero-order chi connectivity index (χ0) is 11.5. The second-order valence-electron chi connectivity index (χ2n) is 2.60. The number of rotatable bonds is 4. The molecule has 8 heteroatoms. The Morgan fingerprint density at radius 3 is 2.53 bits per heavy atom. The highest BCUT2D eigenvalue weighted by atomic mass is 32.2. The van der Waals surface area contributed by atoms with Crippen LogP contribution in [0.15, 0.2) is 28.0 Å². The molecule has 0 saturated heterocycles. The molecule has 0 aliphatic carbocycles. The lowest BCUT2D eigenvalue weighted by Gasteiger charge is -2.10. The minimum absolute atomic E-state index is 0.326. The third-order valence-electron chi connectivity index (χ3n) is 1.59. The maximum absolute atomic E-state index is 10.6. The van der Waals surface area contributed by atoms with E-state index in [0.29, 0.717) is 22.5 Å². The van der Waals surface area contributed by atoms with Gasteiger partial charge in [-0.1, -0.05) is 0 Å². The van der Waals surface area contributed by atoms with Gasteiger partial charge in [0.25, 0.3) is 0 Å². The van der Waals surface area contributed by atoms with Gasteiger partial charge < -0.3 is 9.81 Å². The molecule has 0 unspecified atom stereocenters. The average Bonchev–Trinajstić information content (AvgIpc) is 2.14. The Balaban J connectivity index is 2.99. The molecule has 1 rings (SSSR count). The van der Waals surface area contributed by atoms with Gasteiger partial charge in [0.1, 0.15) is 10.1 Å². The standard InChI is InChI=1S/C7H8O6S2/c1-5-4-6(15(9,10)11)2-3-7(5)14-13-12-8/h2-4,8H,1H3,(H,9,10,11)/p-2. The summed E-state index contributed by atoms with van der Waals surface area (Å²) in [5, 5.41) is 12.7. The first kappa shape index (κ1) is 12.4. The molecule has 0 heterocycles. The lowest BCUT2D eigenvalue weighted by molar-refractivity contribution is -0.777. The van der Waals surface area contributed by atoms with Crippen molar-refractivity contribution in [2.75, 3.05) is 0 Å². The summed E-state index contributed by atoms with van der Waals surface area (Å²) in [5.41, 5.74) is 0.494. The van der Waals surface area contributed by atoms with Crippen molar-refractivity contribution < 1.29 is 27.6 Å². The maximum Gasteiger partial charge on any atom is 0.124 e. The Morgan fingerprint density at radius 1 is 1.40 bits per heavy atom. The van der Waals surface area contributed by atoms with E-state index in [1.807, 2.05) is 0 Å². The van der Waals surface area contributed by atoms with Crippen LogP contribution in [0.4, 0.5) is 0 Å². The van der Waals surface area contributed by atoms with Crippen LogP contribution in [-0.4, -0.2) is 13.0 Å². The summed E-state index contributed by atoms with van der Waals surface area (Å²) in [4.78, 5) is 0.158. The third-order valence-corrected chi connectivity index (χ3v) is 3.18. The topological polar surface area (TPSA) is 98.7 Å². The van der Waals surface area contributed by atoms with Gasteiger partial charge in [-0.15, -0.1) is 0 Å². The summed E-state index contributed by atoms with van der Waals surface area (Å²) in [6, 6.07) is 3.68. The van der Waals surface area contributed by atoms with E-state index < -0.39 is 10.1 Å². The molecule has 1 aromatic carbocycles. The van der Waals surface area contributed by atoms with Gasteiger partial charge in [0, 0.05) is 4.90 Å². The molecule has 0 amide bonds. The third kappa shape index (κ3) is 3.45. The van der Waals surface area contributed by atoms with Gasteiger partial charge >= 0.3 is 0 Å². The molecule has 0 aliphatic rings. The predicted molar refractivity (Wildman–Crippen MR) is 47.2 cm³/mol. The number of benzene rings is 1. The molecule has 0 aliphatic heterocycles. The average molecular weight is 250 g/mol. The summed E-state index contributed by atoms with van der Waals surface area (Å²) in [7, 11) is -4.46. The molecule has 1 aromatic rings. The van der Waals surface area contributed by atoms with E-state index in [4.69, 9.17) is 0 Å². The summed E-state index contributed by atoms with van der Waals surface area (Å²) in [5.74, 6) is 0. The summed E-state index contributed by atoms with van der Waals surface area (Å²) in [6.07, 6.45) is 0. The fraction of sp³-hybridized carbons (Fsp3) is 0.143. The highest BCUT2D eigenvalue weighted by Crippen LogP contribution is 2.25. The Hall–Kier alpha value is -0.640. The Kier molecular flexibility index (Phi) is 4.08. The van der Waals surface area contributed by atoms with Gasteiger partial charge in [0.2, 0.25) is 0 Å². The molecule has 6 nitrogen and oxygen atoms in total. The second kappa shape index (κ2) is 4.92. The van der Waals surface area contributed by atoms with Gasteiger partial charge in [0.05, 0.1) is 16.9 Å². The predicted octanol–water partition coefficient (Wildman–Crippen LogP) is 0.130. The molecular weight excluding hydrogens is 244 g/mol. The van der Waals surface area contributed by atoms with Gasteiger partial charge in [-0.25, -0.2) is 8.42 Å². The quantitative estimate of drug-likeness (QED) is 0.324. The minimum Gasteiger partial charge on any atom is -0.744 e. The lowest BCUT2D eigenvalue weighted by atomic mass is 10.2. The van der Waals surface area contributed by atoms with E-state index in [1.54, 1.807) is 6.92 Å². The van der Waals surface area contributed by atoms with E-state index in [2.05, 4.69) is 9.37 Å². The van der Waals surface area contributed by atoms with Crippen molar-refractivity contribution >= 4 is 22.2 Å². The molecule has 15 heavy (non-hydrogen) atoms. The molecule has 0 radical (unpaired) electrons. The SMILES string of the molecule is Cc1cc(S(=O)(=O)[O-])ccc1SOO[O-]. The largest absolute Gasteiger partial charge is 0.744 e. The van der Waals surface area contributed by atoms with Gasteiger partial charge in [-0.3, -0.25) is 5.04 Å². The molecule has 0 saturated carbocycles. The number of hydrogen-bond donors (Lipinski definition) is 0. The molecule has 0 atom stereocenters. The Morgan fingerprint density at radius 2 is 2.07 bits per heavy atom. The Labute approximate surface area is 90.6 Å². The van der Waals surface area contributed by atoms with E-state index in [1.165, 1.54) is 12.1 Å². The molecule has 0 N–H and O–H groups in total. The van der Waals surface area contributed by atoms with Crippen LogP contribution < -0.4 is 5.26 Å². The van der Waals surface area contributed by atoms with Crippen LogP contribution in [0.3, 0.4) is 0 Å². The first-order chi connectivity index (χ1) is 6.95. The minimum atomic E-state index is -4.46. The van der Waals surface area contributed by atoms with Gasteiger partial charge in [0.15, 0.2) is 0 Å². The zero-order valence-electron chi connectivity index (χ0n) is 7.50. The fourth-order valence-corrected chi connectivity index (χ4v) is 1.89. The van der Waals surface area contributed by atoms with Crippen LogP contribution in [0, 0.1) is 6.92 Å². The van der Waals surface area contributed by atoms with Crippen LogP contribution in [0.1, 0.15) is 5.56 Å². The normalized spacial score (nSPS) is 11.7. The van der Waals surface area contributed by atoms with Gasteiger partial charge in [-0.05, 0) is 30.7 Å². The summed E-state index contributed by atoms with van der Waals surface area (Å²) in [6.45, 7) is 1.57. The molecular formula is C7H6O6S2-2. The molecule has 0 spiro atoms. The van der Waals surface area contributed by atoms with Crippen molar-refractivity contribution in [1.82, 2.24) is 0 Å². The molecule has 84 valence electrons. The second-order valence-corrected chi connectivity index (χ2v) is 4.72. The molecule has 0 bridgehead atoms. The van der Waals surface area contributed by atoms with E-state index >= 15 is 0 Å². The molecule has 0 aromatic heterocycles. The van der Waals surface area contributed by atoms with Crippen LogP contribution >= 0.6 is 12.0 Å².